The molecule has 0 N–H and O–H groups in total. The molecule has 2 aliphatic rings. The number of hydrogen-bond donors (Lipinski definition) is 0. The van der Waals surface area contributed by atoms with Crippen LogP contribution in [0.2, 0.25) is 0 Å². The van der Waals surface area contributed by atoms with Gasteiger partial charge in [0.1, 0.15) is 0 Å². The van der Waals surface area contributed by atoms with Crippen molar-refractivity contribution in [1.29, 1.82) is 0 Å². The second kappa shape index (κ2) is 5.64. The third-order valence-electron chi connectivity index (χ3n) is 5.01. The van der Waals surface area contributed by atoms with Crippen LogP contribution in [0.15, 0.2) is 30.3 Å². The molecule has 19 heavy (non-hydrogen) atoms. The fourth-order valence-corrected chi connectivity index (χ4v) is 3.84. The quantitative estimate of drug-likeness (QED) is 0.803. The minimum atomic E-state index is 0.542. The van der Waals surface area contributed by atoms with E-state index in [4.69, 9.17) is 0 Å². The predicted molar refractivity (Wildman–Crippen MR) is 80.2 cm³/mol. The Balaban J connectivity index is 1.73. The van der Waals surface area contributed by atoms with E-state index in [9.17, 15) is 0 Å². The molecule has 2 heteroatoms. The standard InChI is InChI=1S/C17H26N2/c1-14-12-18-11-7-6-10-17(18)13-19(14)15(2)16-8-4-3-5-9-16/h3-5,8-9,14-15,17H,6-7,10-13H2,1-2H3. The van der Waals surface area contributed by atoms with E-state index in [2.05, 4.69) is 54.0 Å². The van der Waals surface area contributed by atoms with Gasteiger partial charge in [-0.15, -0.1) is 0 Å². The first-order valence-corrected chi connectivity index (χ1v) is 7.80. The van der Waals surface area contributed by atoms with Gasteiger partial charge in [0.15, 0.2) is 0 Å². The number of benzene rings is 1. The molecule has 1 aromatic carbocycles. The normalized spacial score (nSPS) is 30.8. The molecular weight excluding hydrogens is 232 g/mol. The zero-order valence-corrected chi connectivity index (χ0v) is 12.3. The monoisotopic (exact) mass is 258 g/mol. The summed E-state index contributed by atoms with van der Waals surface area (Å²) in [5, 5.41) is 0. The third kappa shape index (κ3) is 2.70. The molecule has 0 amide bonds. The Morgan fingerprint density at radius 3 is 2.68 bits per heavy atom. The lowest BCUT2D eigenvalue weighted by atomic mass is 9.94. The van der Waals surface area contributed by atoms with E-state index in [0.717, 1.165) is 6.04 Å². The van der Waals surface area contributed by atoms with E-state index >= 15 is 0 Å². The molecule has 2 heterocycles. The van der Waals surface area contributed by atoms with E-state index in [0.29, 0.717) is 12.1 Å². The van der Waals surface area contributed by atoms with Gasteiger partial charge >= 0.3 is 0 Å². The van der Waals surface area contributed by atoms with Gasteiger partial charge < -0.3 is 0 Å². The molecule has 3 atom stereocenters. The van der Waals surface area contributed by atoms with Crippen LogP contribution in [-0.2, 0) is 0 Å². The number of rotatable bonds is 2. The van der Waals surface area contributed by atoms with Crippen molar-refractivity contribution in [2.75, 3.05) is 19.6 Å². The second-order valence-corrected chi connectivity index (χ2v) is 6.28. The molecule has 3 rings (SSSR count). The van der Waals surface area contributed by atoms with Crippen molar-refractivity contribution in [3.8, 4) is 0 Å². The lowest BCUT2D eigenvalue weighted by Gasteiger charge is -2.49. The molecule has 2 nitrogen and oxygen atoms in total. The first-order valence-electron chi connectivity index (χ1n) is 7.80. The summed E-state index contributed by atoms with van der Waals surface area (Å²) in [6.45, 7) is 8.58. The lowest BCUT2D eigenvalue weighted by molar-refractivity contribution is -0.00459. The highest BCUT2D eigenvalue weighted by Crippen LogP contribution is 2.30. The number of fused-ring (bicyclic) bond motifs is 1. The molecule has 3 unspecified atom stereocenters. The van der Waals surface area contributed by atoms with Crippen LogP contribution in [-0.4, -0.2) is 41.5 Å². The molecule has 0 aromatic heterocycles. The Kier molecular flexibility index (Phi) is 3.90. The summed E-state index contributed by atoms with van der Waals surface area (Å²) in [5.41, 5.74) is 1.46. The second-order valence-electron chi connectivity index (χ2n) is 6.28. The van der Waals surface area contributed by atoms with Crippen molar-refractivity contribution in [3.63, 3.8) is 0 Å². The number of piperazine rings is 1. The molecule has 0 spiro atoms. The predicted octanol–water partition coefficient (Wildman–Crippen LogP) is 3.31. The third-order valence-corrected chi connectivity index (χ3v) is 5.01. The van der Waals surface area contributed by atoms with Crippen LogP contribution in [0.5, 0.6) is 0 Å². The molecule has 104 valence electrons. The van der Waals surface area contributed by atoms with Crippen LogP contribution in [0.25, 0.3) is 0 Å². The van der Waals surface area contributed by atoms with Crippen LogP contribution in [0.1, 0.15) is 44.7 Å². The van der Waals surface area contributed by atoms with Crippen molar-refractivity contribution in [2.24, 2.45) is 0 Å². The smallest absolute Gasteiger partial charge is 0.0323 e. The number of piperidine rings is 1. The minimum Gasteiger partial charge on any atom is -0.298 e. The van der Waals surface area contributed by atoms with E-state index < -0.39 is 0 Å². The molecule has 2 aliphatic heterocycles. The summed E-state index contributed by atoms with van der Waals surface area (Å²) in [7, 11) is 0. The fraction of sp³-hybridized carbons (Fsp3) is 0.647. The maximum atomic E-state index is 2.72. The van der Waals surface area contributed by atoms with Crippen LogP contribution in [0, 0.1) is 0 Å². The lowest BCUT2D eigenvalue weighted by Crippen LogP contribution is -2.58. The van der Waals surface area contributed by atoms with Gasteiger partial charge in [-0.2, -0.15) is 0 Å². The number of nitrogens with zero attached hydrogens (tertiary/aromatic N) is 2. The topological polar surface area (TPSA) is 6.48 Å². The Labute approximate surface area is 117 Å². The average molecular weight is 258 g/mol. The molecule has 2 fully saturated rings. The highest BCUT2D eigenvalue weighted by Gasteiger charge is 2.35. The fourth-order valence-electron chi connectivity index (χ4n) is 3.84. The van der Waals surface area contributed by atoms with Gasteiger partial charge in [0.05, 0.1) is 0 Å². The van der Waals surface area contributed by atoms with Crippen LogP contribution in [0.3, 0.4) is 0 Å². The highest BCUT2D eigenvalue weighted by atomic mass is 15.3. The molecular formula is C17H26N2. The summed E-state index contributed by atoms with van der Waals surface area (Å²) in [6.07, 6.45) is 4.21. The van der Waals surface area contributed by atoms with Gasteiger partial charge in [0.25, 0.3) is 0 Å². The Morgan fingerprint density at radius 1 is 1.11 bits per heavy atom. The van der Waals surface area contributed by atoms with Gasteiger partial charge in [-0.25, -0.2) is 0 Å². The Hall–Kier alpha value is -0.860. The molecule has 1 aromatic rings. The van der Waals surface area contributed by atoms with Crippen molar-refractivity contribution in [2.45, 2.75) is 51.2 Å². The van der Waals surface area contributed by atoms with Crippen LogP contribution < -0.4 is 0 Å². The molecule has 2 saturated heterocycles. The van der Waals surface area contributed by atoms with Crippen molar-refractivity contribution >= 4 is 0 Å². The van der Waals surface area contributed by atoms with Crippen molar-refractivity contribution < 1.29 is 0 Å². The van der Waals surface area contributed by atoms with E-state index in [-0.39, 0.29) is 0 Å². The molecule has 0 bridgehead atoms. The zero-order chi connectivity index (χ0) is 13.2. The zero-order valence-electron chi connectivity index (χ0n) is 12.3. The minimum absolute atomic E-state index is 0.542. The maximum absolute atomic E-state index is 2.72. The average Bonchev–Trinajstić information content (AvgIpc) is 2.47. The summed E-state index contributed by atoms with van der Waals surface area (Å²) in [5.74, 6) is 0. The first-order chi connectivity index (χ1) is 9.25. The largest absolute Gasteiger partial charge is 0.298 e. The van der Waals surface area contributed by atoms with Gasteiger partial charge in [-0.05, 0) is 38.8 Å². The maximum Gasteiger partial charge on any atom is 0.0323 e. The molecule has 0 radical (unpaired) electrons. The van der Waals surface area contributed by atoms with Crippen LogP contribution in [0.4, 0.5) is 0 Å². The van der Waals surface area contributed by atoms with E-state index in [1.165, 1.54) is 44.5 Å². The Morgan fingerprint density at radius 2 is 1.89 bits per heavy atom. The van der Waals surface area contributed by atoms with Crippen LogP contribution >= 0.6 is 0 Å². The van der Waals surface area contributed by atoms with Crippen molar-refractivity contribution in [1.82, 2.24) is 9.80 Å². The SMILES string of the molecule is CC1CN2CCCCC2CN1C(C)c1ccccc1. The van der Waals surface area contributed by atoms with Crippen molar-refractivity contribution in [3.05, 3.63) is 35.9 Å². The van der Waals surface area contributed by atoms with Gasteiger partial charge in [-0.1, -0.05) is 36.8 Å². The van der Waals surface area contributed by atoms with E-state index in [1.807, 2.05) is 0 Å². The molecule has 0 aliphatic carbocycles. The summed E-state index contributed by atoms with van der Waals surface area (Å²) in [4.78, 5) is 5.43. The van der Waals surface area contributed by atoms with E-state index in [1.54, 1.807) is 0 Å². The summed E-state index contributed by atoms with van der Waals surface area (Å²) < 4.78 is 0. The number of hydrogen-bond acceptors (Lipinski definition) is 2. The Bertz CT molecular complexity index is 403. The first kappa shape index (κ1) is 13.1. The van der Waals surface area contributed by atoms with Gasteiger partial charge in [0, 0.05) is 31.2 Å². The molecule has 0 saturated carbocycles. The van der Waals surface area contributed by atoms with Gasteiger partial charge in [0.2, 0.25) is 0 Å². The summed E-state index contributed by atoms with van der Waals surface area (Å²) in [6, 6.07) is 13.0. The summed E-state index contributed by atoms with van der Waals surface area (Å²) >= 11 is 0. The highest BCUT2D eigenvalue weighted by molar-refractivity contribution is 5.19. The van der Waals surface area contributed by atoms with Gasteiger partial charge in [-0.3, -0.25) is 9.80 Å².